The number of hydrogen-bond acceptors (Lipinski definition) is 2. The van der Waals surface area contributed by atoms with Crippen molar-refractivity contribution in [3.05, 3.63) is 71.1 Å². The highest BCUT2D eigenvalue weighted by molar-refractivity contribution is 5.87. The predicted molar refractivity (Wildman–Crippen MR) is 89.5 cm³/mol. The zero-order valence-electron chi connectivity index (χ0n) is 13.4. The molecule has 126 valence electrons. The van der Waals surface area contributed by atoms with Crippen LogP contribution in [0.2, 0.25) is 0 Å². The van der Waals surface area contributed by atoms with Gasteiger partial charge >= 0.3 is 6.18 Å². The van der Waals surface area contributed by atoms with Gasteiger partial charge in [-0.2, -0.15) is 18.4 Å². The minimum atomic E-state index is -4.41. The molecule has 0 aliphatic rings. The molecule has 0 saturated heterocycles. The van der Waals surface area contributed by atoms with E-state index in [1.165, 1.54) is 12.1 Å². The SMILES string of the molecule is C/C(C#N)=C/c1cn(Cc2ccccc2C(F)(F)F)c2ncccc12. The number of nitrogens with zero attached hydrogens (tertiary/aromatic N) is 3. The number of allylic oxidation sites excluding steroid dienone is 1. The van der Waals surface area contributed by atoms with Crippen LogP contribution in [0, 0.1) is 11.3 Å². The first-order valence-corrected chi connectivity index (χ1v) is 7.57. The largest absolute Gasteiger partial charge is 0.416 e. The van der Waals surface area contributed by atoms with E-state index in [0.717, 1.165) is 17.0 Å². The van der Waals surface area contributed by atoms with E-state index in [1.807, 2.05) is 12.1 Å². The number of nitriles is 1. The van der Waals surface area contributed by atoms with Gasteiger partial charge in [-0.05, 0) is 36.8 Å². The van der Waals surface area contributed by atoms with Crippen LogP contribution in [-0.2, 0) is 12.7 Å². The van der Waals surface area contributed by atoms with E-state index < -0.39 is 11.7 Å². The van der Waals surface area contributed by atoms with Crippen LogP contribution in [0.4, 0.5) is 13.2 Å². The van der Waals surface area contributed by atoms with Crippen molar-refractivity contribution in [3.8, 4) is 6.07 Å². The molecule has 3 aromatic rings. The molecule has 0 saturated carbocycles. The van der Waals surface area contributed by atoms with Crippen LogP contribution in [0.5, 0.6) is 0 Å². The fourth-order valence-corrected chi connectivity index (χ4v) is 2.77. The Balaban J connectivity index is 2.12. The second-order valence-corrected chi connectivity index (χ2v) is 5.68. The summed E-state index contributed by atoms with van der Waals surface area (Å²) < 4.78 is 41.3. The molecule has 0 fully saturated rings. The summed E-state index contributed by atoms with van der Waals surface area (Å²) in [5.74, 6) is 0. The van der Waals surface area contributed by atoms with Crippen LogP contribution in [0.1, 0.15) is 23.6 Å². The standard InChI is InChI=1S/C19H14F3N3/c1-13(10-23)9-15-12-25(18-16(15)6-4-8-24-18)11-14-5-2-3-7-17(14)19(20,21)22/h2-9,12H,11H2,1H3/b13-9-. The molecule has 0 aliphatic carbocycles. The monoisotopic (exact) mass is 341 g/mol. The first-order valence-electron chi connectivity index (χ1n) is 7.57. The average molecular weight is 341 g/mol. The number of fused-ring (bicyclic) bond motifs is 1. The first-order chi connectivity index (χ1) is 11.9. The van der Waals surface area contributed by atoms with E-state index in [4.69, 9.17) is 5.26 Å². The van der Waals surface area contributed by atoms with Crippen molar-refractivity contribution in [2.24, 2.45) is 0 Å². The van der Waals surface area contributed by atoms with Crippen LogP contribution in [0.15, 0.2) is 54.4 Å². The summed E-state index contributed by atoms with van der Waals surface area (Å²) in [5, 5.41) is 9.76. The normalized spacial score (nSPS) is 12.4. The minimum absolute atomic E-state index is 0.0443. The van der Waals surface area contributed by atoms with Crippen molar-refractivity contribution < 1.29 is 13.2 Å². The Morgan fingerprint density at radius 3 is 2.72 bits per heavy atom. The molecule has 3 rings (SSSR count). The van der Waals surface area contributed by atoms with Crippen LogP contribution >= 0.6 is 0 Å². The Hall–Kier alpha value is -3.07. The number of rotatable bonds is 3. The second-order valence-electron chi connectivity index (χ2n) is 5.68. The summed E-state index contributed by atoms with van der Waals surface area (Å²) in [6.45, 7) is 1.72. The molecule has 0 bridgehead atoms. The molecule has 2 aromatic heterocycles. The summed E-state index contributed by atoms with van der Waals surface area (Å²) in [4.78, 5) is 4.29. The Morgan fingerprint density at radius 1 is 1.24 bits per heavy atom. The van der Waals surface area contributed by atoms with Gasteiger partial charge in [-0.25, -0.2) is 4.98 Å². The fraction of sp³-hybridized carbons (Fsp3) is 0.158. The van der Waals surface area contributed by atoms with Gasteiger partial charge in [0.05, 0.1) is 11.6 Å². The van der Waals surface area contributed by atoms with Crippen molar-refractivity contribution >= 4 is 17.1 Å². The van der Waals surface area contributed by atoms with Gasteiger partial charge in [-0.3, -0.25) is 0 Å². The summed E-state index contributed by atoms with van der Waals surface area (Å²) in [7, 11) is 0. The highest BCUT2D eigenvalue weighted by Crippen LogP contribution is 2.33. The van der Waals surface area contributed by atoms with E-state index in [2.05, 4.69) is 4.98 Å². The van der Waals surface area contributed by atoms with Crippen molar-refractivity contribution in [1.82, 2.24) is 9.55 Å². The fourth-order valence-electron chi connectivity index (χ4n) is 2.77. The van der Waals surface area contributed by atoms with Crippen molar-refractivity contribution in [2.45, 2.75) is 19.6 Å². The van der Waals surface area contributed by atoms with E-state index in [0.29, 0.717) is 11.2 Å². The smallest absolute Gasteiger partial charge is 0.327 e. The molecule has 0 spiro atoms. The third-order valence-corrected chi connectivity index (χ3v) is 3.88. The van der Waals surface area contributed by atoms with Gasteiger partial charge in [-0.1, -0.05) is 18.2 Å². The molecule has 25 heavy (non-hydrogen) atoms. The number of alkyl halides is 3. The van der Waals surface area contributed by atoms with E-state index in [-0.39, 0.29) is 12.1 Å². The lowest BCUT2D eigenvalue weighted by Gasteiger charge is -2.13. The zero-order chi connectivity index (χ0) is 18.0. The van der Waals surface area contributed by atoms with Gasteiger partial charge in [0, 0.05) is 35.5 Å². The predicted octanol–water partition coefficient (Wildman–Crippen LogP) is 5.03. The maximum Gasteiger partial charge on any atom is 0.416 e. The van der Waals surface area contributed by atoms with Gasteiger partial charge in [0.1, 0.15) is 5.65 Å². The molecule has 0 aliphatic heterocycles. The summed E-state index contributed by atoms with van der Waals surface area (Å²) in [6.07, 6.45) is 0.619. The van der Waals surface area contributed by atoms with Gasteiger partial charge < -0.3 is 4.57 Å². The summed E-state index contributed by atoms with van der Waals surface area (Å²) in [6, 6.07) is 11.2. The molecular formula is C19H14F3N3. The second kappa shape index (κ2) is 6.44. The molecule has 1 aromatic carbocycles. The molecule has 0 unspecified atom stereocenters. The average Bonchev–Trinajstić information content (AvgIpc) is 2.92. The van der Waals surface area contributed by atoms with Crippen molar-refractivity contribution in [3.63, 3.8) is 0 Å². The third kappa shape index (κ3) is 3.41. The number of pyridine rings is 1. The third-order valence-electron chi connectivity index (χ3n) is 3.88. The molecular weight excluding hydrogens is 327 g/mol. The zero-order valence-corrected chi connectivity index (χ0v) is 13.4. The van der Waals surface area contributed by atoms with E-state index in [1.54, 1.807) is 42.1 Å². The summed E-state index contributed by atoms with van der Waals surface area (Å²) >= 11 is 0. The van der Waals surface area contributed by atoms with Gasteiger partial charge in [-0.15, -0.1) is 0 Å². The van der Waals surface area contributed by atoms with Crippen molar-refractivity contribution in [1.29, 1.82) is 5.26 Å². The van der Waals surface area contributed by atoms with Crippen LogP contribution in [0.3, 0.4) is 0 Å². The molecule has 0 atom stereocenters. The van der Waals surface area contributed by atoms with Crippen LogP contribution < -0.4 is 0 Å². The quantitative estimate of drug-likeness (QED) is 0.627. The molecule has 0 radical (unpaired) electrons. The van der Waals surface area contributed by atoms with Gasteiger partial charge in [0.15, 0.2) is 0 Å². The number of halogens is 3. The minimum Gasteiger partial charge on any atom is -0.327 e. The number of benzene rings is 1. The Labute approximate surface area is 142 Å². The maximum absolute atomic E-state index is 13.2. The molecule has 3 nitrogen and oxygen atoms in total. The first kappa shape index (κ1) is 16.8. The molecule has 2 heterocycles. The van der Waals surface area contributed by atoms with E-state index >= 15 is 0 Å². The topological polar surface area (TPSA) is 41.6 Å². The summed E-state index contributed by atoms with van der Waals surface area (Å²) in [5.41, 5.74) is 1.37. The Kier molecular flexibility index (Phi) is 4.32. The molecule has 0 amide bonds. The number of aromatic nitrogens is 2. The van der Waals surface area contributed by atoms with Gasteiger partial charge in [0.25, 0.3) is 0 Å². The molecule has 0 N–H and O–H groups in total. The number of hydrogen-bond donors (Lipinski definition) is 0. The van der Waals surface area contributed by atoms with Crippen LogP contribution in [0.25, 0.3) is 17.1 Å². The lowest BCUT2D eigenvalue weighted by molar-refractivity contribution is -0.138. The van der Waals surface area contributed by atoms with Crippen LogP contribution in [-0.4, -0.2) is 9.55 Å². The molecule has 6 heteroatoms. The Morgan fingerprint density at radius 2 is 2.00 bits per heavy atom. The van der Waals surface area contributed by atoms with Crippen molar-refractivity contribution in [2.75, 3.05) is 0 Å². The maximum atomic E-state index is 13.2. The lowest BCUT2D eigenvalue weighted by Crippen LogP contribution is -2.11. The Bertz CT molecular complexity index is 991. The lowest BCUT2D eigenvalue weighted by atomic mass is 10.1. The van der Waals surface area contributed by atoms with Gasteiger partial charge in [0.2, 0.25) is 0 Å². The highest BCUT2D eigenvalue weighted by Gasteiger charge is 2.33. The van der Waals surface area contributed by atoms with E-state index in [9.17, 15) is 13.2 Å². The highest BCUT2D eigenvalue weighted by atomic mass is 19.4.